The Morgan fingerprint density at radius 3 is 2.89 bits per heavy atom. The molecule has 1 aromatic heterocycles. The number of carbonyl (C=O) groups excluding carboxylic acids is 1. The molecular formula is C12H10ClN3O2. The highest BCUT2D eigenvalue weighted by atomic mass is 35.5. The molecule has 92 valence electrons. The van der Waals surface area contributed by atoms with Gasteiger partial charge in [-0.3, -0.25) is 9.78 Å². The summed E-state index contributed by atoms with van der Waals surface area (Å²) >= 11 is 5.89. The van der Waals surface area contributed by atoms with Gasteiger partial charge in [-0.2, -0.15) is 0 Å². The van der Waals surface area contributed by atoms with Crippen molar-refractivity contribution in [3.8, 4) is 5.75 Å². The van der Waals surface area contributed by atoms with E-state index < -0.39 is 5.91 Å². The molecule has 0 spiro atoms. The summed E-state index contributed by atoms with van der Waals surface area (Å²) in [5, 5.41) is 12.3. The molecule has 0 saturated heterocycles. The highest BCUT2D eigenvalue weighted by molar-refractivity contribution is 6.33. The maximum absolute atomic E-state index is 12.0. The number of carbonyl (C=O) groups is 1. The molecular weight excluding hydrogens is 254 g/mol. The van der Waals surface area contributed by atoms with Crippen LogP contribution in [0.1, 0.15) is 10.4 Å². The molecule has 0 aliphatic carbocycles. The normalized spacial score (nSPS) is 10.1. The molecule has 6 heteroatoms. The van der Waals surface area contributed by atoms with Gasteiger partial charge in [-0.05, 0) is 24.3 Å². The Morgan fingerprint density at radius 1 is 1.39 bits per heavy atom. The summed E-state index contributed by atoms with van der Waals surface area (Å²) in [6.45, 7) is 0. The van der Waals surface area contributed by atoms with Crippen molar-refractivity contribution in [3.63, 3.8) is 0 Å². The van der Waals surface area contributed by atoms with Crippen molar-refractivity contribution in [2.75, 3.05) is 11.1 Å². The highest BCUT2D eigenvalue weighted by Gasteiger charge is 2.12. The van der Waals surface area contributed by atoms with Gasteiger partial charge in [0.05, 0.1) is 22.5 Å². The third-order valence-electron chi connectivity index (χ3n) is 2.30. The van der Waals surface area contributed by atoms with E-state index in [9.17, 15) is 9.90 Å². The number of nitrogen functional groups attached to an aromatic ring is 1. The number of nitrogens with two attached hydrogens (primary N) is 1. The van der Waals surface area contributed by atoms with Crippen LogP contribution in [0.15, 0.2) is 36.7 Å². The Labute approximate surface area is 108 Å². The summed E-state index contributed by atoms with van der Waals surface area (Å²) in [5.41, 5.74) is 6.49. The van der Waals surface area contributed by atoms with Gasteiger partial charge in [0, 0.05) is 11.9 Å². The number of amides is 1. The first-order valence-electron chi connectivity index (χ1n) is 5.07. The maximum Gasteiger partial charge on any atom is 0.257 e. The van der Waals surface area contributed by atoms with E-state index in [1.807, 2.05) is 0 Å². The minimum Gasteiger partial charge on any atom is -0.508 e. The van der Waals surface area contributed by atoms with Crippen molar-refractivity contribution < 1.29 is 9.90 Å². The average Bonchev–Trinajstić information content (AvgIpc) is 2.35. The summed E-state index contributed by atoms with van der Waals surface area (Å²) in [6, 6.07) is 5.70. The third kappa shape index (κ3) is 2.52. The van der Waals surface area contributed by atoms with Crippen molar-refractivity contribution >= 4 is 28.9 Å². The van der Waals surface area contributed by atoms with Gasteiger partial charge in [0.15, 0.2) is 0 Å². The molecule has 0 radical (unpaired) electrons. The zero-order valence-corrected chi connectivity index (χ0v) is 9.98. The largest absolute Gasteiger partial charge is 0.508 e. The smallest absolute Gasteiger partial charge is 0.257 e. The first kappa shape index (κ1) is 12.2. The minimum atomic E-state index is -0.460. The molecule has 5 nitrogen and oxygen atoms in total. The van der Waals surface area contributed by atoms with E-state index in [1.54, 1.807) is 6.07 Å². The van der Waals surface area contributed by atoms with Crippen LogP contribution >= 0.6 is 11.6 Å². The Kier molecular flexibility index (Phi) is 3.34. The Hall–Kier alpha value is -2.27. The van der Waals surface area contributed by atoms with E-state index >= 15 is 0 Å². The van der Waals surface area contributed by atoms with Crippen LogP contribution in [0.2, 0.25) is 5.02 Å². The summed E-state index contributed by atoms with van der Waals surface area (Å²) in [7, 11) is 0. The lowest BCUT2D eigenvalue weighted by molar-refractivity contribution is 0.102. The molecule has 0 unspecified atom stereocenters. The van der Waals surface area contributed by atoms with Gasteiger partial charge in [0.1, 0.15) is 5.75 Å². The fraction of sp³-hybridized carbons (Fsp3) is 0. The predicted octanol–water partition coefficient (Wildman–Crippen LogP) is 2.28. The lowest BCUT2D eigenvalue weighted by Crippen LogP contribution is -2.14. The summed E-state index contributed by atoms with van der Waals surface area (Å²) in [6.07, 6.45) is 2.94. The van der Waals surface area contributed by atoms with E-state index in [1.165, 1.54) is 30.6 Å². The number of phenols is 1. The van der Waals surface area contributed by atoms with Gasteiger partial charge in [-0.25, -0.2) is 0 Å². The monoisotopic (exact) mass is 263 g/mol. The van der Waals surface area contributed by atoms with Crippen LogP contribution in [0.5, 0.6) is 5.75 Å². The van der Waals surface area contributed by atoms with Crippen LogP contribution in [-0.4, -0.2) is 16.0 Å². The molecule has 0 saturated carbocycles. The zero-order chi connectivity index (χ0) is 13.1. The van der Waals surface area contributed by atoms with E-state index in [2.05, 4.69) is 10.3 Å². The van der Waals surface area contributed by atoms with Crippen molar-refractivity contribution in [2.24, 2.45) is 0 Å². The van der Waals surface area contributed by atoms with Gasteiger partial charge in [0.25, 0.3) is 5.91 Å². The molecule has 0 bridgehead atoms. The molecule has 18 heavy (non-hydrogen) atoms. The van der Waals surface area contributed by atoms with Gasteiger partial charge in [0.2, 0.25) is 0 Å². The number of phenolic OH excluding ortho intramolecular Hbond substituents is 1. The third-order valence-corrected chi connectivity index (χ3v) is 2.63. The Bertz CT molecular complexity index is 602. The summed E-state index contributed by atoms with van der Waals surface area (Å²) in [5.74, 6) is -0.495. The van der Waals surface area contributed by atoms with E-state index in [0.717, 1.165) is 0 Å². The fourth-order valence-electron chi connectivity index (χ4n) is 1.40. The highest BCUT2D eigenvalue weighted by Crippen LogP contribution is 2.23. The van der Waals surface area contributed by atoms with Gasteiger partial charge >= 0.3 is 0 Å². The van der Waals surface area contributed by atoms with Crippen molar-refractivity contribution in [3.05, 3.63) is 47.2 Å². The molecule has 4 N–H and O–H groups in total. The molecule has 2 aromatic rings. The standard InChI is InChI=1S/C12H10ClN3O2/c13-9-3-4-15-6-11(9)16-12(18)8-5-7(17)1-2-10(8)14/h1-6,17H,14H2,(H,16,18). The second-order valence-electron chi connectivity index (χ2n) is 3.58. The number of hydrogen-bond acceptors (Lipinski definition) is 4. The number of nitrogens with zero attached hydrogens (tertiary/aromatic N) is 1. The van der Waals surface area contributed by atoms with Gasteiger partial charge in [-0.1, -0.05) is 11.6 Å². The summed E-state index contributed by atoms with van der Waals surface area (Å²) < 4.78 is 0. The SMILES string of the molecule is Nc1ccc(O)cc1C(=O)Nc1cnccc1Cl. The molecule has 0 atom stereocenters. The van der Waals surface area contributed by atoms with Crippen LogP contribution in [0.25, 0.3) is 0 Å². The molecule has 1 amide bonds. The second-order valence-corrected chi connectivity index (χ2v) is 3.99. The number of nitrogens with one attached hydrogen (secondary N) is 1. The molecule has 0 aliphatic rings. The van der Waals surface area contributed by atoms with Gasteiger partial charge in [-0.15, -0.1) is 0 Å². The van der Waals surface area contributed by atoms with E-state index in [-0.39, 0.29) is 17.0 Å². The topological polar surface area (TPSA) is 88.2 Å². The fourth-order valence-corrected chi connectivity index (χ4v) is 1.55. The minimum absolute atomic E-state index is 0.0355. The van der Waals surface area contributed by atoms with Crippen LogP contribution in [0.4, 0.5) is 11.4 Å². The number of aromatic nitrogens is 1. The second kappa shape index (κ2) is 4.93. The zero-order valence-electron chi connectivity index (χ0n) is 9.22. The number of benzene rings is 1. The number of anilines is 2. The first-order chi connectivity index (χ1) is 8.58. The van der Waals surface area contributed by atoms with Crippen LogP contribution in [-0.2, 0) is 0 Å². The Morgan fingerprint density at radius 2 is 2.17 bits per heavy atom. The van der Waals surface area contributed by atoms with E-state index in [0.29, 0.717) is 10.7 Å². The van der Waals surface area contributed by atoms with Gasteiger partial charge < -0.3 is 16.2 Å². The number of pyridine rings is 1. The molecule has 1 aromatic carbocycles. The number of aromatic hydroxyl groups is 1. The van der Waals surface area contributed by atoms with E-state index in [4.69, 9.17) is 17.3 Å². The molecule has 1 heterocycles. The molecule has 0 fully saturated rings. The Balaban J connectivity index is 2.28. The van der Waals surface area contributed by atoms with Crippen molar-refractivity contribution in [2.45, 2.75) is 0 Å². The molecule has 2 rings (SSSR count). The van der Waals surface area contributed by atoms with Crippen molar-refractivity contribution in [1.29, 1.82) is 0 Å². The average molecular weight is 264 g/mol. The molecule has 0 aliphatic heterocycles. The lowest BCUT2D eigenvalue weighted by atomic mass is 10.1. The summed E-state index contributed by atoms with van der Waals surface area (Å²) in [4.78, 5) is 15.8. The predicted molar refractivity (Wildman–Crippen MR) is 69.7 cm³/mol. The van der Waals surface area contributed by atoms with Crippen LogP contribution in [0.3, 0.4) is 0 Å². The van der Waals surface area contributed by atoms with Crippen LogP contribution < -0.4 is 11.1 Å². The number of rotatable bonds is 2. The van der Waals surface area contributed by atoms with Crippen LogP contribution in [0, 0.1) is 0 Å². The quantitative estimate of drug-likeness (QED) is 0.573. The van der Waals surface area contributed by atoms with Crippen molar-refractivity contribution in [1.82, 2.24) is 4.98 Å². The first-order valence-corrected chi connectivity index (χ1v) is 5.45. The number of hydrogen-bond donors (Lipinski definition) is 3. The number of halogens is 1. The maximum atomic E-state index is 12.0. The lowest BCUT2D eigenvalue weighted by Gasteiger charge is -2.08.